The van der Waals surface area contributed by atoms with Gasteiger partial charge in [-0.1, -0.05) is 15.9 Å². The van der Waals surface area contributed by atoms with Crippen molar-refractivity contribution in [2.75, 3.05) is 0 Å². The molecule has 0 aliphatic heterocycles. The molecule has 0 aliphatic carbocycles. The van der Waals surface area contributed by atoms with Gasteiger partial charge < -0.3 is 0 Å². The lowest BCUT2D eigenvalue weighted by atomic mass is 10.1. The minimum Gasteiger partial charge on any atom is -0.264 e. The molecule has 1 heterocycles. The van der Waals surface area contributed by atoms with E-state index >= 15 is 0 Å². The van der Waals surface area contributed by atoms with Crippen molar-refractivity contribution in [3.8, 4) is 0 Å². The Morgan fingerprint density at radius 1 is 1.38 bits per heavy atom. The van der Waals surface area contributed by atoms with Gasteiger partial charge in [0.15, 0.2) is 0 Å². The van der Waals surface area contributed by atoms with E-state index in [0.29, 0.717) is 0 Å². The summed E-state index contributed by atoms with van der Waals surface area (Å²) < 4.78 is 36.6. The van der Waals surface area contributed by atoms with Gasteiger partial charge in [0.2, 0.25) is 0 Å². The molecule has 0 atom stereocenters. The summed E-state index contributed by atoms with van der Waals surface area (Å²) in [5.74, 6) is 0. The molecule has 6 heteroatoms. The molecule has 1 nitrogen and oxygen atoms in total. The van der Waals surface area contributed by atoms with Crippen molar-refractivity contribution in [2.45, 2.75) is 11.5 Å². The van der Waals surface area contributed by atoms with Crippen LogP contribution in [0, 0.1) is 0 Å². The van der Waals surface area contributed by atoms with E-state index in [1.807, 2.05) is 0 Å². The van der Waals surface area contributed by atoms with Crippen LogP contribution in [0.25, 0.3) is 0 Å². The minimum absolute atomic E-state index is 0. The van der Waals surface area contributed by atoms with Crippen LogP contribution in [0.3, 0.4) is 0 Å². The number of nitrogens with zero attached hydrogens (tertiary/aromatic N) is 1. The van der Waals surface area contributed by atoms with Gasteiger partial charge in [0.1, 0.15) is 0 Å². The Bertz CT molecular complexity index is 275. The molecule has 0 amide bonds. The number of rotatable bonds is 1. The standard InChI is InChI=1S/C7H5BrF3N.BrH/c8-3-5-4-12-2-1-6(5)7(9,10)11;/h1-2,4H,3H2;1H. The Kier molecular flexibility index (Phi) is 4.91. The molecule has 0 saturated carbocycles. The molecule has 1 aromatic rings. The maximum absolute atomic E-state index is 12.2. The zero-order valence-corrected chi connectivity index (χ0v) is 9.61. The van der Waals surface area contributed by atoms with Crippen LogP contribution in [0.5, 0.6) is 0 Å². The second-order valence-electron chi connectivity index (χ2n) is 2.16. The molecule has 0 radical (unpaired) electrons. The second-order valence-corrected chi connectivity index (χ2v) is 2.72. The highest BCUT2D eigenvalue weighted by Crippen LogP contribution is 2.31. The molecule has 0 aromatic carbocycles. The number of alkyl halides is 4. The van der Waals surface area contributed by atoms with E-state index in [1.54, 1.807) is 0 Å². The molecule has 0 unspecified atom stereocenters. The van der Waals surface area contributed by atoms with E-state index in [2.05, 4.69) is 20.9 Å². The lowest BCUT2D eigenvalue weighted by Crippen LogP contribution is -2.08. The smallest absolute Gasteiger partial charge is 0.264 e. The Hall–Kier alpha value is -0.100. The van der Waals surface area contributed by atoms with Crippen molar-refractivity contribution in [2.24, 2.45) is 0 Å². The Morgan fingerprint density at radius 2 is 2.00 bits per heavy atom. The number of hydrogen-bond acceptors (Lipinski definition) is 1. The maximum Gasteiger partial charge on any atom is 0.416 e. The molecule has 0 spiro atoms. The highest BCUT2D eigenvalue weighted by atomic mass is 79.9. The van der Waals surface area contributed by atoms with Crippen molar-refractivity contribution in [1.82, 2.24) is 4.98 Å². The zero-order valence-electron chi connectivity index (χ0n) is 6.31. The maximum atomic E-state index is 12.2. The van der Waals surface area contributed by atoms with Crippen LogP contribution in [0.2, 0.25) is 0 Å². The molecule has 13 heavy (non-hydrogen) atoms. The van der Waals surface area contributed by atoms with Crippen LogP contribution in [-0.2, 0) is 11.5 Å². The molecular formula is C7H6Br2F3N. The molecule has 0 saturated heterocycles. The fourth-order valence-corrected chi connectivity index (χ4v) is 1.26. The first-order chi connectivity index (χ1) is 5.55. The predicted octanol–water partition coefficient (Wildman–Crippen LogP) is 3.57. The fraction of sp³-hybridized carbons (Fsp3) is 0.286. The van der Waals surface area contributed by atoms with Crippen molar-refractivity contribution >= 4 is 32.9 Å². The second kappa shape index (κ2) is 4.95. The van der Waals surface area contributed by atoms with Gasteiger partial charge in [0.05, 0.1) is 5.56 Å². The highest BCUT2D eigenvalue weighted by molar-refractivity contribution is 9.08. The summed E-state index contributed by atoms with van der Waals surface area (Å²) >= 11 is 2.96. The van der Waals surface area contributed by atoms with Crippen LogP contribution in [0.15, 0.2) is 18.5 Å². The zero-order chi connectivity index (χ0) is 9.19. The summed E-state index contributed by atoms with van der Waals surface area (Å²) in [5, 5.41) is 0.162. The van der Waals surface area contributed by atoms with Crippen molar-refractivity contribution in [1.29, 1.82) is 0 Å². The molecule has 1 aromatic heterocycles. The van der Waals surface area contributed by atoms with Gasteiger partial charge in [0.25, 0.3) is 0 Å². The number of halogens is 5. The molecule has 74 valence electrons. The quantitative estimate of drug-likeness (QED) is 0.721. The third-order valence-corrected chi connectivity index (χ3v) is 1.96. The van der Waals surface area contributed by atoms with E-state index in [0.717, 1.165) is 12.3 Å². The van der Waals surface area contributed by atoms with E-state index in [4.69, 9.17) is 0 Å². The van der Waals surface area contributed by atoms with Gasteiger partial charge in [0, 0.05) is 17.7 Å². The average molecular weight is 321 g/mol. The Balaban J connectivity index is 0.00000144. The van der Waals surface area contributed by atoms with Crippen LogP contribution < -0.4 is 0 Å². The first-order valence-corrected chi connectivity index (χ1v) is 4.24. The van der Waals surface area contributed by atoms with Crippen LogP contribution in [-0.4, -0.2) is 4.98 Å². The first-order valence-electron chi connectivity index (χ1n) is 3.11. The third-order valence-electron chi connectivity index (χ3n) is 1.35. The predicted molar refractivity (Wildman–Crippen MR) is 52.2 cm³/mol. The molecular weight excluding hydrogens is 315 g/mol. The summed E-state index contributed by atoms with van der Waals surface area (Å²) in [6, 6.07) is 0.969. The Labute approximate surface area is 92.3 Å². The van der Waals surface area contributed by atoms with Gasteiger partial charge in [-0.2, -0.15) is 13.2 Å². The number of aromatic nitrogens is 1. The van der Waals surface area contributed by atoms with Crippen molar-refractivity contribution in [3.63, 3.8) is 0 Å². The van der Waals surface area contributed by atoms with Crippen molar-refractivity contribution in [3.05, 3.63) is 29.6 Å². The van der Waals surface area contributed by atoms with Gasteiger partial charge in [-0.15, -0.1) is 17.0 Å². The highest BCUT2D eigenvalue weighted by Gasteiger charge is 2.32. The SMILES string of the molecule is Br.FC(F)(F)c1ccncc1CBr. The monoisotopic (exact) mass is 319 g/mol. The summed E-state index contributed by atoms with van der Waals surface area (Å²) in [4.78, 5) is 3.60. The number of pyridine rings is 1. The molecule has 0 aliphatic rings. The van der Waals surface area contributed by atoms with Crippen LogP contribution >= 0.6 is 32.9 Å². The van der Waals surface area contributed by atoms with Crippen LogP contribution in [0.1, 0.15) is 11.1 Å². The largest absolute Gasteiger partial charge is 0.416 e. The van der Waals surface area contributed by atoms with Gasteiger partial charge >= 0.3 is 6.18 Å². The number of hydrogen-bond donors (Lipinski definition) is 0. The van der Waals surface area contributed by atoms with E-state index in [9.17, 15) is 13.2 Å². The molecule has 1 rings (SSSR count). The minimum atomic E-state index is -4.29. The van der Waals surface area contributed by atoms with Gasteiger partial charge in [-0.05, 0) is 11.6 Å². The lowest BCUT2D eigenvalue weighted by molar-refractivity contribution is -0.138. The lowest BCUT2D eigenvalue weighted by Gasteiger charge is -2.09. The van der Waals surface area contributed by atoms with E-state index in [-0.39, 0.29) is 27.9 Å². The van der Waals surface area contributed by atoms with Crippen LogP contribution in [0.4, 0.5) is 13.2 Å². The van der Waals surface area contributed by atoms with Crippen molar-refractivity contribution < 1.29 is 13.2 Å². The fourth-order valence-electron chi connectivity index (χ4n) is 0.810. The third kappa shape index (κ3) is 3.27. The van der Waals surface area contributed by atoms with E-state index in [1.165, 1.54) is 6.20 Å². The Morgan fingerprint density at radius 3 is 2.38 bits per heavy atom. The van der Waals surface area contributed by atoms with E-state index < -0.39 is 11.7 Å². The van der Waals surface area contributed by atoms with Gasteiger partial charge in [-0.3, -0.25) is 4.98 Å². The summed E-state index contributed by atoms with van der Waals surface area (Å²) in [6.07, 6.45) is -1.95. The molecule has 0 N–H and O–H groups in total. The van der Waals surface area contributed by atoms with Gasteiger partial charge in [-0.25, -0.2) is 0 Å². The molecule has 0 fully saturated rings. The normalized spacial score (nSPS) is 10.8. The molecule has 0 bridgehead atoms. The summed E-state index contributed by atoms with van der Waals surface area (Å²) in [5.41, 5.74) is -0.473. The summed E-state index contributed by atoms with van der Waals surface area (Å²) in [7, 11) is 0. The topological polar surface area (TPSA) is 12.9 Å². The average Bonchev–Trinajstić information content (AvgIpc) is 2.03. The summed E-state index contributed by atoms with van der Waals surface area (Å²) in [6.45, 7) is 0. The first kappa shape index (κ1) is 12.9.